The molecule has 0 bridgehead atoms. The van der Waals surface area contributed by atoms with Gasteiger partial charge >= 0.3 is 0 Å². The van der Waals surface area contributed by atoms with E-state index in [1.54, 1.807) is 47.6 Å². The summed E-state index contributed by atoms with van der Waals surface area (Å²) in [5.74, 6) is 0.0716. The minimum atomic E-state index is -3.47. The van der Waals surface area contributed by atoms with Crippen LogP contribution in [0.3, 0.4) is 0 Å². The number of azo groups is 1. The van der Waals surface area contributed by atoms with Crippen LogP contribution in [0.1, 0.15) is 31.2 Å². The molecule has 6 nitrogen and oxygen atoms in total. The zero-order valence-electron chi connectivity index (χ0n) is 15.1. The van der Waals surface area contributed by atoms with Crippen molar-refractivity contribution in [3.63, 3.8) is 0 Å². The molecule has 1 fully saturated rings. The van der Waals surface area contributed by atoms with Gasteiger partial charge in [0.2, 0.25) is 10.0 Å². The highest BCUT2D eigenvalue weighted by molar-refractivity contribution is 9.10. The number of rotatable bonds is 4. The van der Waals surface area contributed by atoms with Crippen molar-refractivity contribution in [2.45, 2.75) is 37.5 Å². The molecule has 3 rings (SSSR count). The van der Waals surface area contributed by atoms with E-state index in [1.807, 2.05) is 0 Å². The number of aromatic hydroxyl groups is 1. The molecule has 0 atom stereocenters. The molecule has 1 aliphatic heterocycles. The lowest BCUT2D eigenvalue weighted by Crippen LogP contribution is -2.31. The Hall–Kier alpha value is -1.77. The first-order chi connectivity index (χ1) is 12.9. The number of nitrogens with zero attached hydrogens (tertiary/aromatic N) is 3. The number of benzene rings is 2. The summed E-state index contributed by atoms with van der Waals surface area (Å²) in [7, 11) is -3.47. The summed E-state index contributed by atoms with van der Waals surface area (Å²) in [5.41, 5.74) is 1.56. The molecular formula is C19H22BrN3O3S. The van der Waals surface area contributed by atoms with Crippen LogP contribution in [0, 0.1) is 6.92 Å². The van der Waals surface area contributed by atoms with Crippen LogP contribution in [-0.4, -0.2) is 30.9 Å². The van der Waals surface area contributed by atoms with Crippen LogP contribution >= 0.6 is 15.9 Å². The standard InChI is InChI=1S/C19H22BrN3O3S/c1-14-12-15(20)13-18(19(14)24)22-21-16-6-8-17(9-7-16)27(25,26)23-10-4-2-3-5-11-23/h6-9,12-13,24H,2-5,10-11H2,1H3. The van der Waals surface area contributed by atoms with Crippen LogP contribution in [0.15, 0.2) is 56.0 Å². The molecule has 1 heterocycles. The Morgan fingerprint density at radius 3 is 2.26 bits per heavy atom. The summed E-state index contributed by atoms with van der Waals surface area (Å²) in [4.78, 5) is 0.268. The molecule has 144 valence electrons. The van der Waals surface area contributed by atoms with Crippen LogP contribution in [-0.2, 0) is 10.0 Å². The quantitative estimate of drug-likeness (QED) is 0.627. The molecule has 0 spiro atoms. The van der Waals surface area contributed by atoms with E-state index < -0.39 is 10.0 Å². The van der Waals surface area contributed by atoms with Crippen LogP contribution < -0.4 is 0 Å². The molecule has 1 N–H and O–H groups in total. The minimum Gasteiger partial charge on any atom is -0.505 e. The van der Waals surface area contributed by atoms with Crippen molar-refractivity contribution in [1.82, 2.24) is 4.31 Å². The van der Waals surface area contributed by atoms with Gasteiger partial charge in [-0.2, -0.15) is 9.42 Å². The molecule has 2 aromatic carbocycles. The predicted octanol–water partition coefficient (Wildman–Crippen LogP) is 5.44. The zero-order chi connectivity index (χ0) is 19.4. The van der Waals surface area contributed by atoms with Gasteiger partial charge in [0.25, 0.3) is 0 Å². The third-order valence-electron chi connectivity index (χ3n) is 4.56. The second-order valence-electron chi connectivity index (χ2n) is 6.60. The molecular weight excluding hydrogens is 430 g/mol. The number of sulfonamides is 1. The average Bonchev–Trinajstić information content (AvgIpc) is 2.94. The zero-order valence-corrected chi connectivity index (χ0v) is 17.5. The van der Waals surface area contributed by atoms with Gasteiger partial charge in [-0.1, -0.05) is 28.8 Å². The van der Waals surface area contributed by atoms with Gasteiger partial charge in [-0.15, -0.1) is 5.11 Å². The summed E-state index contributed by atoms with van der Waals surface area (Å²) >= 11 is 3.36. The van der Waals surface area contributed by atoms with Crippen molar-refractivity contribution < 1.29 is 13.5 Å². The molecule has 0 aliphatic carbocycles. The van der Waals surface area contributed by atoms with Crippen molar-refractivity contribution in [2.75, 3.05) is 13.1 Å². The van der Waals surface area contributed by atoms with E-state index in [2.05, 4.69) is 26.2 Å². The van der Waals surface area contributed by atoms with Gasteiger partial charge in [-0.05, 0) is 61.7 Å². The van der Waals surface area contributed by atoms with Gasteiger partial charge in [-0.3, -0.25) is 0 Å². The Kier molecular flexibility index (Phi) is 6.29. The monoisotopic (exact) mass is 451 g/mol. The summed E-state index contributed by atoms with van der Waals surface area (Å²) < 4.78 is 27.9. The van der Waals surface area contributed by atoms with Gasteiger partial charge in [-0.25, -0.2) is 8.42 Å². The van der Waals surface area contributed by atoms with Crippen LogP contribution in [0.25, 0.3) is 0 Å². The molecule has 0 radical (unpaired) electrons. The Bertz CT molecular complexity index is 935. The highest BCUT2D eigenvalue weighted by Crippen LogP contribution is 2.34. The van der Waals surface area contributed by atoms with E-state index in [4.69, 9.17) is 0 Å². The summed E-state index contributed by atoms with van der Waals surface area (Å²) in [6.07, 6.45) is 3.96. The number of hydrogen-bond donors (Lipinski definition) is 1. The molecule has 0 saturated carbocycles. The first-order valence-electron chi connectivity index (χ1n) is 8.89. The first kappa shape index (κ1) is 20.0. The second kappa shape index (κ2) is 8.50. The third kappa shape index (κ3) is 4.75. The average molecular weight is 452 g/mol. The van der Waals surface area contributed by atoms with Gasteiger partial charge in [0.15, 0.2) is 0 Å². The maximum atomic E-state index is 12.8. The van der Waals surface area contributed by atoms with E-state index in [0.29, 0.717) is 30.0 Å². The van der Waals surface area contributed by atoms with Gasteiger partial charge < -0.3 is 5.11 Å². The molecule has 27 heavy (non-hydrogen) atoms. The topological polar surface area (TPSA) is 82.3 Å². The summed E-state index contributed by atoms with van der Waals surface area (Å²) in [6.45, 7) is 2.93. The Morgan fingerprint density at radius 1 is 1.00 bits per heavy atom. The second-order valence-corrected chi connectivity index (χ2v) is 9.46. The van der Waals surface area contributed by atoms with E-state index in [9.17, 15) is 13.5 Å². The lowest BCUT2D eigenvalue weighted by Gasteiger charge is -2.19. The highest BCUT2D eigenvalue weighted by Gasteiger charge is 2.24. The molecule has 1 saturated heterocycles. The van der Waals surface area contributed by atoms with Gasteiger partial charge in [0.05, 0.1) is 10.6 Å². The molecule has 8 heteroatoms. The number of hydrogen-bond acceptors (Lipinski definition) is 5. The van der Waals surface area contributed by atoms with Crippen molar-refractivity contribution in [2.24, 2.45) is 10.2 Å². The van der Waals surface area contributed by atoms with Crippen LogP contribution in [0.5, 0.6) is 5.75 Å². The third-order valence-corrected chi connectivity index (χ3v) is 6.93. The molecule has 0 aromatic heterocycles. The Morgan fingerprint density at radius 2 is 1.63 bits per heavy atom. The van der Waals surface area contributed by atoms with Crippen LogP contribution in [0.4, 0.5) is 11.4 Å². The largest absolute Gasteiger partial charge is 0.505 e. The van der Waals surface area contributed by atoms with Gasteiger partial charge in [0, 0.05) is 17.6 Å². The van der Waals surface area contributed by atoms with E-state index >= 15 is 0 Å². The van der Waals surface area contributed by atoms with Gasteiger partial charge in [0.1, 0.15) is 11.4 Å². The number of phenolic OH excluding ortho intramolecular Hbond substituents is 1. The summed E-state index contributed by atoms with van der Waals surface area (Å²) in [6, 6.07) is 9.81. The fraction of sp³-hybridized carbons (Fsp3) is 0.368. The lowest BCUT2D eigenvalue weighted by molar-refractivity contribution is 0.424. The van der Waals surface area contributed by atoms with Crippen molar-refractivity contribution >= 4 is 37.3 Å². The summed E-state index contributed by atoms with van der Waals surface area (Å²) in [5, 5.41) is 18.2. The van der Waals surface area contributed by atoms with Crippen LogP contribution in [0.2, 0.25) is 0 Å². The predicted molar refractivity (Wildman–Crippen MR) is 108 cm³/mol. The Labute approximate surface area is 168 Å². The van der Waals surface area contributed by atoms with Crippen molar-refractivity contribution in [1.29, 1.82) is 0 Å². The minimum absolute atomic E-state index is 0.0716. The normalized spacial score (nSPS) is 16.5. The number of halogens is 1. The van der Waals surface area contributed by atoms with E-state index in [-0.39, 0.29) is 10.6 Å². The smallest absolute Gasteiger partial charge is 0.243 e. The number of phenols is 1. The highest BCUT2D eigenvalue weighted by atomic mass is 79.9. The maximum Gasteiger partial charge on any atom is 0.243 e. The van der Waals surface area contributed by atoms with E-state index in [0.717, 1.165) is 30.2 Å². The maximum absolute atomic E-state index is 12.8. The molecule has 0 unspecified atom stereocenters. The molecule has 0 amide bonds. The number of aryl methyl sites for hydroxylation is 1. The SMILES string of the molecule is Cc1cc(Br)cc(N=Nc2ccc(S(=O)(=O)N3CCCCCC3)cc2)c1O. The van der Waals surface area contributed by atoms with Crippen molar-refractivity contribution in [3.8, 4) is 5.75 Å². The molecule has 2 aromatic rings. The first-order valence-corrected chi connectivity index (χ1v) is 11.1. The lowest BCUT2D eigenvalue weighted by atomic mass is 10.2. The Balaban J connectivity index is 1.79. The fourth-order valence-corrected chi connectivity index (χ4v) is 5.10. The fourth-order valence-electron chi connectivity index (χ4n) is 3.02. The van der Waals surface area contributed by atoms with E-state index in [1.165, 1.54) is 0 Å². The molecule has 1 aliphatic rings. The van der Waals surface area contributed by atoms with Crippen molar-refractivity contribution in [3.05, 3.63) is 46.4 Å².